The first-order chi connectivity index (χ1) is 66.6. The Morgan fingerprint density at radius 2 is 0.738 bits per heavy atom. The predicted octanol–water partition coefficient (Wildman–Crippen LogP) is 27.7. The van der Waals surface area contributed by atoms with Crippen molar-refractivity contribution in [2.45, 2.75) is 386 Å². The number of hydrogen-bond donors (Lipinski definition) is 5. The van der Waals surface area contributed by atoms with Gasteiger partial charge in [-0.15, -0.1) is 20.4 Å². The zero-order valence-corrected chi connectivity index (χ0v) is 89.2. The summed E-state index contributed by atoms with van der Waals surface area (Å²) in [5.74, 6) is 9.76. The van der Waals surface area contributed by atoms with Crippen LogP contribution in [0.4, 0.5) is 17.6 Å². The first-order valence-corrected chi connectivity index (χ1v) is 56.3. The normalized spacial score (nSPS) is 41.4. The summed E-state index contributed by atoms with van der Waals surface area (Å²) in [6.45, 7) is 27.9. The highest BCUT2D eigenvalue weighted by molar-refractivity contribution is 9.09. The number of carbonyl (C=O) groups excluding carboxylic acids is 4. The number of fused-ring (bicyclic) bond motifs is 24. The largest absolute Gasteiger partial charge is 0.390 e. The summed E-state index contributed by atoms with van der Waals surface area (Å²) in [5.41, 5.74) is 1.78. The van der Waals surface area contributed by atoms with Crippen LogP contribution in [0.3, 0.4) is 0 Å². The number of alkyl halides is 1. The van der Waals surface area contributed by atoms with Crippen LogP contribution in [0.25, 0.3) is 44.3 Å². The Hall–Kier alpha value is -5.71. The maximum atomic E-state index is 14.7. The van der Waals surface area contributed by atoms with E-state index >= 15 is 0 Å². The fraction of sp³-hybridized carbons (Fsp3) is 0.765. The zero-order valence-electron chi connectivity index (χ0n) is 84.6. The Balaban J connectivity index is 0.000000133. The van der Waals surface area contributed by atoms with Crippen molar-refractivity contribution in [3.8, 4) is 0 Å². The number of rotatable bonds is 11. The van der Waals surface area contributed by atoms with Crippen molar-refractivity contribution in [2.24, 2.45) is 162 Å². The van der Waals surface area contributed by atoms with Gasteiger partial charge in [-0.2, -0.15) is 20.2 Å². The van der Waals surface area contributed by atoms with E-state index < -0.39 is 45.7 Å². The van der Waals surface area contributed by atoms with Crippen LogP contribution in [-0.2, 0) is 38.8 Å². The Morgan fingerprint density at radius 3 is 1.14 bits per heavy atom. The third kappa shape index (κ3) is 19.5. The molecule has 3 aromatic carbocycles. The van der Waals surface area contributed by atoms with Crippen molar-refractivity contribution in [1.29, 1.82) is 0 Å². The number of nitrogens with zero attached hydrogens (tertiary/aromatic N) is 12. The van der Waals surface area contributed by atoms with Crippen molar-refractivity contribution in [3.63, 3.8) is 0 Å². The number of ketones is 4. The molecule has 16 aliphatic carbocycles. The first-order valence-electron chi connectivity index (χ1n) is 53.7. The van der Waals surface area contributed by atoms with Crippen LogP contribution >= 0.6 is 62.3 Å². The highest BCUT2D eigenvalue weighted by Gasteiger charge is 2.68. The molecule has 5 aromatic heterocycles. The summed E-state index contributed by atoms with van der Waals surface area (Å²) < 4.78 is 59.1. The van der Waals surface area contributed by atoms with Gasteiger partial charge in [-0.05, 0) is 433 Å². The van der Waals surface area contributed by atoms with Crippen LogP contribution in [-0.4, -0.2) is 137 Å². The molecular weight excluding hydrogens is 1990 g/mol. The molecular formula is C115H164BrCl4F4N13O8. The third-order valence-corrected chi connectivity index (χ3v) is 45.9. The summed E-state index contributed by atoms with van der Waals surface area (Å²) in [6.07, 6.45) is 41.0. The van der Waals surface area contributed by atoms with E-state index in [-0.39, 0.29) is 160 Å². The fourth-order valence-corrected chi connectivity index (χ4v) is 37.7. The van der Waals surface area contributed by atoms with E-state index in [2.05, 4.69) is 123 Å². The Bertz CT molecular complexity index is 6130. The van der Waals surface area contributed by atoms with Crippen LogP contribution in [0.5, 0.6) is 0 Å². The van der Waals surface area contributed by atoms with Crippen LogP contribution < -0.4 is 0 Å². The van der Waals surface area contributed by atoms with Crippen LogP contribution in [0.2, 0.25) is 20.1 Å². The van der Waals surface area contributed by atoms with Crippen LogP contribution in [0.1, 0.15) is 344 Å². The van der Waals surface area contributed by atoms with E-state index in [1.807, 2.05) is 27.7 Å². The summed E-state index contributed by atoms with van der Waals surface area (Å²) >= 11 is 26.8. The van der Waals surface area contributed by atoms with Crippen molar-refractivity contribution in [2.75, 3.05) is 5.33 Å². The number of aliphatic hydroxyl groups is 4. The lowest BCUT2D eigenvalue weighted by molar-refractivity contribution is -0.151. The van der Waals surface area contributed by atoms with Gasteiger partial charge in [0.25, 0.3) is 0 Å². The number of carbonyl (C=O) groups is 4. The molecule has 0 saturated heterocycles. The average Bonchev–Trinajstić information content (AvgIpc) is 1.64. The number of halogens is 9. The van der Waals surface area contributed by atoms with E-state index in [0.29, 0.717) is 126 Å². The second-order valence-corrected chi connectivity index (χ2v) is 53.7. The van der Waals surface area contributed by atoms with Gasteiger partial charge in [0.1, 0.15) is 53.0 Å². The first kappa shape index (κ1) is 112. The Morgan fingerprint density at radius 1 is 0.379 bits per heavy atom. The molecule has 800 valence electrons. The lowest BCUT2D eigenvalue weighted by Crippen LogP contribution is -2.55. The van der Waals surface area contributed by atoms with Crippen molar-refractivity contribution in [3.05, 3.63) is 86.0 Å². The third-order valence-electron chi connectivity index (χ3n) is 44.2. The number of hydrogen-bond acceptors (Lipinski definition) is 17. The molecule has 145 heavy (non-hydrogen) atoms. The van der Waals surface area contributed by atoms with Crippen molar-refractivity contribution >= 4 is 130 Å². The maximum Gasteiger partial charge on any atom is 0.204 e. The lowest BCUT2D eigenvalue weighted by Gasteiger charge is -2.61. The number of H-pyrrole nitrogens is 1. The SMILES string of the molecule is C.C.C.C.C[C@@]1(O)CC[C@@]2(C)[C@H](CC[C@@H]3[C@@H]2CC[C@]2(C)[C@@H](C(=O)CBr)CC[C@@H]32)C1.C[C@@]1(O)CC[C@@]2(C)[C@H](CC[C@@H]3[C@@H]2CC[C@]2(C)[C@@H](C(=O)Cn4nc5ccc(Cl)c(F)c5n4)CC[C@@H]32)C1.C[C@@]1(O)CC[C@@]2(C)[C@H](CC[C@@H]3[C@@H]2CC[C@]2(C)[C@@H](C(=O)Cn4nnc5c(F)cc(Cl)cc54)CC[C@@H]32)C1.C[C@@]1(O)CC[C@@]2(C)[C@H](CC[C@@H]3[C@@H]2CC[C@]2(C)[C@@H](C(=O)Cn4nnc5ccc(Cl)c(F)c54)CC[C@@H]32)C1.Fc1c(Cl)cnc2n[nH]nc12. The monoisotopic (exact) mass is 2150 g/mol. The Kier molecular flexibility index (Phi) is 31.6. The van der Waals surface area contributed by atoms with Crippen LogP contribution in [0.15, 0.2) is 42.6 Å². The van der Waals surface area contributed by atoms with E-state index in [0.717, 1.165) is 153 Å². The Labute approximate surface area is 885 Å². The van der Waals surface area contributed by atoms with Gasteiger partial charge in [0, 0.05) is 28.7 Å². The molecule has 16 saturated carbocycles. The van der Waals surface area contributed by atoms with E-state index in [1.54, 1.807) is 18.2 Å². The summed E-state index contributed by atoms with van der Waals surface area (Å²) in [7, 11) is 0. The molecule has 0 amide bonds. The molecule has 0 bridgehead atoms. The molecule has 0 aliphatic heterocycles. The minimum atomic E-state index is -0.592. The maximum absolute atomic E-state index is 14.7. The number of nitrogens with one attached hydrogen (secondary N) is 1. The van der Waals surface area contributed by atoms with Gasteiger partial charge in [0.2, 0.25) is 5.65 Å². The number of pyridine rings is 1. The highest BCUT2D eigenvalue weighted by atomic mass is 79.9. The van der Waals surface area contributed by atoms with Crippen molar-refractivity contribution in [1.82, 2.24) is 65.4 Å². The molecule has 24 rings (SSSR count). The number of aromatic amines is 1. The molecule has 0 radical (unpaired) electrons. The predicted molar refractivity (Wildman–Crippen MR) is 568 cm³/mol. The molecule has 5 N–H and O–H groups in total. The molecule has 30 heteroatoms. The van der Waals surface area contributed by atoms with Gasteiger partial charge in [-0.3, -0.25) is 19.2 Å². The quantitative estimate of drug-likeness (QED) is 0.0594. The number of Topliss-reactive ketones (excluding diaryl/α,β-unsaturated/α-hetero) is 4. The standard InChI is InChI=1S/3C28H37ClFN3O2.C22H35BrO2.C5H2ClFN4.4CH4/c1-26(35)10-11-27(2)16(14-26)4-5-18-19-6-7-21(28(19,3)9-8-20(18)27)24(34)15-33-23-13-17(29)12-22(30)25(23)31-32-33;1-26(35)12-13-27(2)16(14-26)4-5-17-18-6-7-20(28(18,3)11-10-19(17)27)23(34)15-33-25-22(31-32-33)9-8-21(29)24(25)30;1-26(35)12-13-27(2)16(14-26)4-5-17-18-6-7-20(28(18,3)11-10-19(17)27)23(34)15-33-31-22-9-8-21(29)24(30)25(22)32-33;1-20(25)10-11-21(2)14(12-20)4-5-15-16-6-7-18(19(24)13-23)22(16,3)9-8-17(15)21;6-2-1-8-5-4(3(2)7)9-11-10-5;;;;/h12-13,16,18-21,35H,4-11,14-15H2,1-3H3;2*8-9,16-20,35H,4-7,10-15H2,1-3H3;14-18,25H,4-13H2,1-3H3;1H,(H,8,9,10,11);4*1H4/t16-,18+,19+,20+,21-,26-,27+,28+;2*16-,17+,18+,19+,20-,26-,27+,28+;14-,15+,16+,17+,18-,20-,21+,22+;;;;;/m1111...../s1. The summed E-state index contributed by atoms with van der Waals surface area (Å²) in [6, 6.07) is 9.11. The fourth-order valence-electron chi connectivity index (χ4n) is 36.7. The minimum Gasteiger partial charge on any atom is -0.390 e. The second-order valence-electron chi connectivity index (χ2n) is 51.5. The molecule has 16 fully saturated rings. The van der Waals surface area contributed by atoms with E-state index in [9.17, 15) is 57.2 Å². The molecule has 21 nitrogen and oxygen atoms in total. The van der Waals surface area contributed by atoms with Crippen LogP contribution in [0, 0.1) is 185 Å². The summed E-state index contributed by atoms with van der Waals surface area (Å²) in [4.78, 5) is 58.5. The second kappa shape index (κ2) is 41.0. The van der Waals surface area contributed by atoms with E-state index in [4.69, 9.17) is 46.4 Å². The van der Waals surface area contributed by atoms with Gasteiger partial charge in [0.05, 0.1) is 54.5 Å². The van der Waals surface area contributed by atoms with Gasteiger partial charge < -0.3 is 20.4 Å². The van der Waals surface area contributed by atoms with E-state index in [1.165, 1.54) is 135 Å². The topological polar surface area (TPSA) is 296 Å². The highest BCUT2D eigenvalue weighted by Crippen LogP contribution is 2.74. The molecule has 0 unspecified atom stereocenters. The molecule has 0 spiro atoms. The zero-order chi connectivity index (χ0) is 100. The number of benzene rings is 3. The van der Waals surface area contributed by atoms with Gasteiger partial charge in [0.15, 0.2) is 46.1 Å². The average molecular weight is 2150 g/mol. The number of aromatic nitrogens is 13. The molecule has 16 aliphatic rings. The molecule has 5 heterocycles. The smallest absolute Gasteiger partial charge is 0.204 e. The van der Waals surface area contributed by atoms with Gasteiger partial charge >= 0.3 is 0 Å². The summed E-state index contributed by atoms with van der Waals surface area (Å²) in [5, 5.41) is 77.7. The van der Waals surface area contributed by atoms with Crippen molar-refractivity contribution < 1.29 is 57.2 Å². The molecule has 8 aromatic rings. The van der Waals surface area contributed by atoms with Gasteiger partial charge in [-0.1, -0.05) is 158 Å². The lowest BCUT2D eigenvalue weighted by atomic mass is 9.44. The molecule has 32 atom stereocenters. The van der Waals surface area contributed by atoms with Gasteiger partial charge in [-0.25, -0.2) is 31.9 Å². The minimum absolute atomic E-state index is 0.